The Morgan fingerprint density at radius 1 is 0.353 bits per heavy atom. The number of hydrogen-bond donors (Lipinski definition) is 0. The van der Waals surface area contributed by atoms with E-state index in [0.717, 1.165) is 0 Å². The molecule has 9 rings (SSSR count). The molecule has 51 heavy (non-hydrogen) atoms. The van der Waals surface area contributed by atoms with Gasteiger partial charge in [-0.2, -0.15) is 0 Å². The minimum Gasteiger partial charge on any atom is -0.341 e. The zero-order chi connectivity index (χ0) is 35.0. The van der Waals surface area contributed by atoms with Crippen LogP contribution in [-0.4, -0.2) is 28.2 Å². The van der Waals surface area contributed by atoms with Crippen molar-refractivity contribution in [1.82, 2.24) is 0 Å². The molecule has 1 aliphatic carbocycles. The van der Waals surface area contributed by atoms with E-state index in [2.05, 4.69) is 207 Å². The monoisotopic (exact) mass is 662 g/mol. The number of benzene rings is 6. The van der Waals surface area contributed by atoms with Gasteiger partial charge in [-0.05, 0) is 93.0 Å². The van der Waals surface area contributed by atoms with Crippen LogP contribution >= 0.6 is 0 Å². The van der Waals surface area contributed by atoms with Gasteiger partial charge >= 0.3 is 0 Å². The molecule has 0 spiro atoms. The van der Waals surface area contributed by atoms with Gasteiger partial charge in [0, 0.05) is 33.6 Å². The highest BCUT2D eigenvalue weighted by molar-refractivity contribution is 5.95. The molecule has 0 saturated heterocycles. The van der Waals surface area contributed by atoms with Crippen LogP contribution in [0.25, 0.3) is 35.4 Å². The van der Waals surface area contributed by atoms with E-state index >= 15 is 0 Å². The molecule has 0 atom stereocenters. The lowest BCUT2D eigenvalue weighted by Crippen LogP contribution is -2.24. The van der Waals surface area contributed by atoms with Crippen LogP contribution in [0, 0.1) is 0 Å². The highest BCUT2D eigenvalue weighted by atomic mass is 15.2. The van der Waals surface area contributed by atoms with Crippen molar-refractivity contribution < 1.29 is 0 Å². The summed E-state index contributed by atoms with van der Waals surface area (Å²) in [6.07, 6.45) is 8.98. The molecule has 0 N–H and O–H groups in total. The van der Waals surface area contributed by atoms with Gasteiger partial charge in [-0.3, -0.25) is 0 Å². The molecular formula is C47H42N4. The molecule has 250 valence electrons. The molecule has 0 saturated carbocycles. The van der Waals surface area contributed by atoms with E-state index in [1.807, 2.05) is 0 Å². The van der Waals surface area contributed by atoms with Crippen molar-refractivity contribution in [3.63, 3.8) is 0 Å². The minimum atomic E-state index is -0.0998. The molecular weight excluding hydrogens is 621 g/mol. The number of anilines is 8. The predicted molar refractivity (Wildman–Crippen MR) is 220 cm³/mol. The van der Waals surface area contributed by atoms with E-state index in [0.29, 0.717) is 0 Å². The van der Waals surface area contributed by atoms with Crippen LogP contribution in [0.15, 0.2) is 121 Å². The Morgan fingerprint density at radius 3 is 1.02 bits per heavy atom. The SMILES string of the molecule is CN1c2ccccc2N(C)c2cc(C=Cc3ccc4c(c3)C(C)(C)c3cc(C=Cc5ccc6c(c5)N(C)c5ccccc5N6C)ccc3-4)ccc21. The van der Waals surface area contributed by atoms with Crippen LogP contribution in [0.3, 0.4) is 0 Å². The van der Waals surface area contributed by atoms with Crippen molar-refractivity contribution >= 4 is 69.8 Å². The smallest absolute Gasteiger partial charge is 0.0655 e. The average molecular weight is 663 g/mol. The first-order chi connectivity index (χ1) is 24.7. The fourth-order valence-corrected chi connectivity index (χ4v) is 8.34. The number of hydrogen-bond acceptors (Lipinski definition) is 4. The molecule has 4 heteroatoms. The average Bonchev–Trinajstić information content (AvgIpc) is 3.39. The van der Waals surface area contributed by atoms with Crippen molar-refractivity contribution in [2.75, 3.05) is 47.8 Å². The lowest BCUT2D eigenvalue weighted by Gasteiger charge is -2.36. The second-order valence-corrected chi connectivity index (χ2v) is 14.6. The van der Waals surface area contributed by atoms with Gasteiger partial charge in [-0.15, -0.1) is 0 Å². The maximum absolute atomic E-state index is 2.38. The normalized spacial score (nSPS) is 15.1. The molecule has 2 heterocycles. The van der Waals surface area contributed by atoms with Crippen molar-refractivity contribution in [1.29, 1.82) is 0 Å². The van der Waals surface area contributed by atoms with E-state index in [9.17, 15) is 0 Å². The topological polar surface area (TPSA) is 13.0 Å². The second kappa shape index (κ2) is 11.5. The molecule has 0 bridgehead atoms. The van der Waals surface area contributed by atoms with Gasteiger partial charge < -0.3 is 19.6 Å². The van der Waals surface area contributed by atoms with E-state index < -0.39 is 0 Å². The Hall–Kier alpha value is -6.00. The second-order valence-electron chi connectivity index (χ2n) is 14.6. The Kier molecular flexibility index (Phi) is 7.01. The fraction of sp³-hybridized carbons (Fsp3) is 0.149. The van der Waals surface area contributed by atoms with Crippen molar-refractivity contribution in [2.45, 2.75) is 19.3 Å². The van der Waals surface area contributed by atoms with Gasteiger partial charge in [0.2, 0.25) is 0 Å². The molecule has 0 fully saturated rings. The maximum Gasteiger partial charge on any atom is 0.0655 e. The third kappa shape index (κ3) is 4.89. The largest absolute Gasteiger partial charge is 0.341 e. The van der Waals surface area contributed by atoms with E-state index in [1.165, 1.54) is 90.0 Å². The summed E-state index contributed by atoms with van der Waals surface area (Å²) < 4.78 is 0. The molecule has 0 unspecified atom stereocenters. The van der Waals surface area contributed by atoms with Crippen LogP contribution in [0.1, 0.15) is 47.2 Å². The van der Waals surface area contributed by atoms with Crippen molar-refractivity contribution in [3.8, 4) is 11.1 Å². The number of fused-ring (bicyclic) bond motifs is 7. The molecule has 0 radical (unpaired) electrons. The highest BCUT2D eigenvalue weighted by Gasteiger charge is 2.35. The zero-order valence-corrected chi connectivity index (χ0v) is 30.1. The molecule has 4 nitrogen and oxygen atoms in total. The van der Waals surface area contributed by atoms with Crippen LogP contribution in [0.2, 0.25) is 0 Å². The first-order valence-electron chi connectivity index (χ1n) is 17.8. The highest BCUT2D eigenvalue weighted by Crippen LogP contribution is 2.50. The molecule has 2 aliphatic heterocycles. The Bertz CT molecular complexity index is 2260. The fourth-order valence-electron chi connectivity index (χ4n) is 8.34. The first-order valence-corrected chi connectivity index (χ1v) is 17.8. The zero-order valence-electron chi connectivity index (χ0n) is 30.1. The van der Waals surface area contributed by atoms with Gasteiger partial charge in [0.05, 0.1) is 45.5 Å². The van der Waals surface area contributed by atoms with Crippen LogP contribution in [0.5, 0.6) is 0 Å². The van der Waals surface area contributed by atoms with E-state index in [1.54, 1.807) is 0 Å². The predicted octanol–water partition coefficient (Wildman–Crippen LogP) is 12.0. The summed E-state index contributed by atoms with van der Waals surface area (Å²) in [7, 11) is 8.61. The minimum absolute atomic E-state index is 0.0998. The van der Waals surface area contributed by atoms with Gasteiger partial charge in [0.1, 0.15) is 0 Å². The molecule has 3 aliphatic rings. The number of nitrogens with zero attached hydrogens (tertiary/aromatic N) is 4. The summed E-state index contributed by atoms with van der Waals surface area (Å²) >= 11 is 0. The number of rotatable bonds is 4. The number of para-hydroxylation sites is 4. The summed E-state index contributed by atoms with van der Waals surface area (Å²) in [6, 6.07) is 44.5. The Morgan fingerprint density at radius 2 is 0.647 bits per heavy atom. The lowest BCUT2D eigenvalue weighted by atomic mass is 9.81. The van der Waals surface area contributed by atoms with Gasteiger partial charge in [0.15, 0.2) is 0 Å². The van der Waals surface area contributed by atoms with Crippen molar-refractivity contribution in [3.05, 3.63) is 155 Å². The molecule has 0 amide bonds. The molecule has 6 aromatic rings. The third-order valence-corrected chi connectivity index (χ3v) is 11.3. The molecule has 0 aromatic heterocycles. The summed E-state index contributed by atoms with van der Waals surface area (Å²) in [5.74, 6) is 0. The van der Waals surface area contributed by atoms with Crippen LogP contribution in [-0.2, 0) is 5.41 Å². The first kappa shape index (κ1) is 31.0. The Balaban J connectivity index is 0.961. The quantitative estimate of drug-likeness (QED) is 0.174. The van der Waals surface area contributed by atoms with Gasteiger partial charge in [-0.25, -0.2) is 0 Å². The summed E-state index contributed by atoms with van der Waals surface area (Å²) in [4.78, 5) is 9.16. The van der Waals surface area contributed by atoms with Crippen LogP contribution < -0.4 is 19.6 Å². The van der Waals surface area contributed by atoms with E-state index in [4.69, 9.17) is 0 Å². The summed E-state index contributed by atoms with van der Waals surface area (Å²) in [5, 5.41) is 0. The lowest BCUT2D eigenvalue weighted by molar-refractivity contribution is 0.660. The standard InChI is InChI=1S/C47H42N4/c1-47(2)37-27-31(15-17-33-21-25-43-45(29-33)50(5)41-13-9-7-11-39(41)48(43)3)19-23-35(37)36-24-20-32(28-38(36)47)16-18-34-22-26-44-46(30-34)51(6)42-14-10-8-12-40(42)49(44)4/h7-30H,1-6H3. The molecule has 6 aromatic carbocycles. The van der Waals surface area contributed by atoms with Crippen molar-refractivity contribution in [2.24, 2.45) is 0 Å². The van der Waals surface area contributed by atoms with Gasteiger partial charge in [0.25, 0.3) is 0 Å². The van der Waals surface area contributed by atoms with E-state index in [-0.39, 0.29) is 5.41 Å². The van der Waals surface area contributed by atoms with Gasteiger partial charge in [-0.1, -0.05) is 111 Å². The summed E-state index contributed by atoms with van der Waals surface area (Å²) in [6.45, 7) is 4.72. The third-order valence-electron chi connectivity index (χ3n) is 11.3. The Labute approximate surface area is 301 Å². The maximum atomic E-state index is 2.38. The summed E-state index contributed by atoms with van der Waals surface area (Å²) in [5.41, 5.74) is 19.9. The van der Waals surface area contributed by atoms with Crippen LogP contribution in [0.4, 0.5) is 45.5 Å².